The summed E-state index contributed by atoms with van der Waals surface area (Å²) in [6, 6.07) is -0.446. The molecule has 3 unspecified atom stereocenters. The van der Waals surface area contributed by atoms with Crippen LogP contribution in [0.15, 0.2) is 0 Å². The van der Waals surface area contributed by atoms with Crippen LogP contribution in [0.25, 0.3) is 0 Å². The van der Waals surface area contributed by atoms with Crippen molar-refractivity contribution in [3.8, 4) is 0 Å². The van der Waals surface area contributed by atoms with Crippen molar-refractivity contribution in [2.24, 2.45) is 46.3 Å². The van der Waals surface area contributed by atoms with Gasteiger partial charge >= 0.3 is 5.97 Å². The molecule has 0 saturated heterocycles. The van der Waals surface area contributed by atoms with Gasteiger partial charge in [0.25, 0.3) is 0 Å². The molecule has 0 aromatic rings. The van der Waals surface area contributed by atoms with Gasteiger partial charge in [0.05, 0.1) is 0 Å². The van der Waals surface area contributed by atoms with Gasteiger partial charge in [-0.1, -0.05) is 27.7 Å². The summed E-state index contributed by atoms with van der Waals surface area (Å²) in [5.41, 5.74) is 0.576. The van der Waals surface area contributed by atoms with Crippen LogP contribution in [0.4, 0.5) is 0 Å². The number of nitrogens with one attached hydrogen (secondary N) is 1. The Labute approximate surface area is 193 Å². The molecule has 4 aliphatic rings. The normalized spacial score (nSPS) is 45.4. The van der Waals surface area contributed by atoms with E-state index in [1.807, 2.05) is 20.8 Å². The lowest BCUT2D eigenvalue weighted by molar-refractivity contribution is -0.165. The van der Waals surface area contributed by atoms with Gasteiger partial charge < -0.3 is 4.74 Å². The molecule has 9 atom stereocenters. The third-order valence-electron chi connectivity index (χ3n) is 10.4. The van der Waals surface area contributed by atoms with E-state index in [4.69, 9.17) is 16.5 Å². The van der Waals surface area contributed by atoms with E-state index in [9.17, 15) is 9.59 Å². The summed E-state index contributed by atoms with van der Waals surface area (Å²) in [6.45, 7) is 10.7. The van der Waals surface area contributed by atoms with Crippen LogP contribution < -0.4 is 4.84 Å². The molecule has 4 nitrogen and oxygen atoms in total. The highest BCUT2D eigenvalue weighted by Crippen LogP contribution is 2.67. The number of esters is 1. The molecule has 0 bridgehead atoms. The van der Waals surface area contributed by atoms with Crippen LogP contribution in [0, 0.1) is 46.3 Å². The van der Waals surface area contributed by atoms with E-state index >= 15 is 0 Å². The zero-order valence-electron chi connectivity index (χ0n) is 20.1. The number of carbonyl (C=O) groups excluding carboxylic acids is 2. The van der Waals surface area contributed by atoms with E-state index < -0.39 is 6.04 Å². The minimum Gasteiger partial charge on any atom is -0.461 e. The highest BCUT2D eigenvalue weighted by Gasteiger charge is 2.61. The number of ketones is 1. The van der Waals surface area contributed by atoms with Crippen molar-refractivity contribution in [1.82, 2.24) is 4.84 Å². The number of carbonyl (C=O) groups is 2. The van der Waals surface area contributed by atoms with Crippen LogP contribution in [0.1, 0.15) is 92.4 Å². The number of halogens is 1. The van der Waals surface area contributed by atoms with Gasteiger partial charge in [0.1, 0.15) is 17.9 Å². The summed E-state index contributed by atoms with van der Waals surface area (Å²) in [5.74, 6) is 3.48. The zero-order chi connectivity index (χ0) is 22.6. The first-order valence-corrected chi connectivity index (χ1v) is 13.1. The highest BCUT2D eigenvalue weighted by atomic mass is 35.5. The Morgan fingerprint density at radius 2 is 1.65 bits per heavy atom. The fraction of sp³-hybridized carbons (Fsp3) is 0.923. The average molecular weight is 452 g/mol. The highest BCUT2D eigenvalue weighted by molar-refractivity contribution is 6.14. The molecular weight excluding hydrogens is 410 g/mol. The van der Waals surface area contributed by atoms with Crippen LogP contribution in [0.2, 0.25) is 0 Å². The van der Waals surface area contributed by atoms with E-state index in [1.54, 1.807) is 0 Å². The van der Waals surface area contributed by atoms with Crippen molar-refractivity contribution >= 4 is 23.5 Å². The zero-order valence-corrected chi connectivity index (χ0v) is 20.8. The van der Waals surface area contributed by atoms with Gasteiger partial charge in [-0.3, -0.25) is 9.59 Å². The molecule has 0 aliphatic heterocycles. The molecule has 4 rings (SSSR count). The Balaban J connectivity index is 1.44. The van der Waals surface area contributed by atoms with E-state index in [0.29, 0.717) is 17.1 Å². The lowest BCUT2D eigenvalue weighted by Gasteiger charge is -2.61. The summed E-state index contributed by atoms with van der Waals surface area (Å²) < 4.78 is 5.94. The van der Waals surface area contributed by atoms with Crippen LogP contribution >= 0.6 is 11.8 Å². The van der Waals surface area contributed by atoms with Gasteiger partial charge in [-0.25, -0.2) is 4.84 Å². The monoisotopic (exact) mass is 451 g/mol. The molecule has 4 fully saturated rings. The summed E-state index contributed by atoms with van der Waals surface area (Å²) in [7, 11) is 0. The molecule has 31 heavy (non-hydrogen) atoms. The SMILES string of the molecule is CC(=O)[C@H]1CCC2C3CC[C@@H]4C[C@@H](OC(=O)[C@@H](NCl)C(C)C)CC[C@]4(C)C3CC[C@@]21C. The van der Waals surface area contributed by atoms with Crippen LogP contribution in [0.5, 0.6) is 0 Å². The van der Waals surface area contributed by atoms with Crippen molar-refractivity contribution in [1.29, 1.82) is 0 Å². The Kier molecular flexibility index (Phi) is 6.55. The summed E-state index contributed by atoms with van der Waals surface area (Å²) in [5, 5.41) is 0. The topological polar surface area (TPSA) is 55.4 Å². The maximum atomic E-state index is 12.6. The van der Waals surface area contributed by atoms with Gasteiger partial charge in [0.15, 0.2) is 0 Å². The third kappa shape index (κ3) is 3.88. The predicted molar refractivity (Wildman–Crippen MR) is 123 cm³/mol. The number of fused-ring (bicyclic) bond motifs is 5. The lowest BCUT2D eigenvalue weighted by atomic mass is 9.44. The molecule has 0 aromatic heterocycles. The van der Waals surface area contributed by atoms with Crippen molar-refractivity contribution in [3.63, 3.8) is 0 Å². The maximum Gasteiger partial charge on any atom is 0.324 e. The van der Waals surface area contributed by atoms with Crippen LogP contribution in [0.3, 0.4) is 0 Å². The molecule has 0 heterocycles. The predicted octanol–water partition coefficient (Wildman–Crippen LogP) is 5.91. The van der Waals surface area contributed by atoms with Crippen LogP contribution in [-0.4, -0.2) is 23.9 Å². The average Bonchev–Trinajstić information content (AvgIpc) is 3.06. The van der Waals surface area contributed by atoms with Gasteiger partial charge in [-0.15, -0.1) is 0 Å². The quantitative estimate of drug-likeness (QED) is 0.416. The lowest BCUT2D eigenvalue weighted by Crippen LogP contribution is -2.54. The molecule has 1 N–H and O–H groups in total. The second kappa shape index (κ2) is 8.63. The fourth-order valence-corrected chi connectivity index (χ4v) is 9.01. The number of hydrogen-bond acceptors (Lipinski definition) is 4. The van der Waals surface area contributed by atoms with Crippen molar-refractivity contribution in [2.45, 2.75) is 105 Å². The molecule has 0 spiro atoms. The third-order valence-corrected chi connectivity index (χ3v) is 10.7. The summed E-state index contributed by atoms with van der Waals surface area (Å²) in [4.78, 5) is 27.5. The van der Waals surface area contributed by atoms with Crippen LogP contribution in [-0.2, 0) is 14.3 Å². The van der Waals surface area contributed by atoms with Gasteiger partial charge in [-0.05, 0) is 117 Å². The van der Waals surface area contributed by atoms with Gasteiger partial charge in [0.2, 0.25) is 0 Å². The van der Waals surface area contributed by atoms with E-state index in [0.717, 1.165) is 43.4 Å². The molecular formula is C26H42ClNO3. The second-order valence-electron chi connectivity index (χ2n) is 12.1. The number of ether oxygens (including phenoxy) is 1. The minimum atomic E-state index is -0.446. The molecule has 0 radical (unpaired) electrons. The van der Waals surface area contributed by atoms with Crippen molar-refractivity contribution in [2.75, 3.05) is 0 Å². The first kappa shape index (κ1) is 23.5. The standard InChI is InChI=1S/C26H42ClNO3/c1-15(2)23(28-27)24(30)31-18-10-12-25(4)17(14-18)6-7-19-21-9-8-20(16(3)29)26(21,5)13-11-22(19)25/h15,17-23,28H,6-14H2,1-5H3/t17-,18+,19?,20-,21?,22?,23+,25+,26-/m1/s1. The van der Waals surface area contributed by atoms with Crippen molar-refractivity contribution < 1.29 is 14.3 Å². The summed E-state index contributed by atoms with van der Waals surface area (Å²) >= 11 is 5.80. The van der Waals surface area contributed by atoms with E-state index in [1.165, 1.54) is 32.1 Å². The Bertz CT molecular complexity index is 711. The van der Waals surface area contributed by atoms with Crippen molar-refractivity contribution in [3.05, 3.63) is 0 Å². The number of hydrogen-bond donors (Lipinski definition) is 1. The molecule has 5 heteroatoms. The van der Waals surface area contributed by atoms with E-state index in [2.05, 4.69) is 18.7 Å². The molecule has 176 valence electrons. The first-order chi connectivity index (χ1) is 14.6. The molecule has 0 aromatic carbocycles. The van der Waals surface area contributed by atoms with E-state index in [-0.39, 0.29) is 29.3 Å². The summed E-state index contributed by atoms with van der Waals surface area (Å²) in [6.07, 6.45) is 10.5. The number of Topliss-reactive ketones (excluding diaryl/α,β-unsaturated/α-hetero) is 1. The van der Waals surface area contributed by atoms with Gasteiger partial charge in [-0.2, -0.15) is 0 Å². The Morgan fingerprint density at radius 3 is 2.29 bits per heavy atom. The maximum absolute atomic E-state index is 12.6. The number of rotatable bonds is 5. The minimum absolute atomic E-state index is 0.0239. The first-order valence-electron chi connectivity index (χ1n) is 12.7. The molecule has 4 aliphatic carbocycles. The Hall–Kier alpha value is -0.610. The smallest absolute Gasteiger partial charge is 0.324 e. The largest absolute Gasteiger partial charge is 0.461 e. The van der Waals surface area contributed by atoms with Gasteiger partial charge in [0, 0.05) is 5.92 Å². The Morgan fingerprint density at radius 1 is 0.968 bits per heavy atom. The molecule has 4 saturated carbocycles. The molecule has 0 amide bonds. The second-order valence-corrected chi connectivity index (χ2v) is 12.3. The fourth-order valence-electron chi connectivity index (χ4n) is 8.67.